The summed E-state index contributed by atoms with van der Waals surface area (Å²) >= 11 is 0. The first-order valence-electron chi connectivity index (χ1n) is 10.7. The summed E-state index contributed by atoms with van der Waals surface area (Å²) in [6, 6.07) is 21.4. The predicted octanol–water partition coefficient (Wildman–Crippen LogP) is 5.39. The molecule has 6 rings (SSSR count). The maximum Gasteiger partial charge on any atom is 0.514 e. The molecule has 5 heteroatoms. The molecule has 0 amide bonds. The zero-order chi connectivity index (χ0) is 21.4. The van der Waals surface area contributed by atoms with Gasteiger partial charge in [-0.15, -0.1) is 0 Å². The van der Waals surface area contributed by atoms with Crippen LogP contribution < -0.4 is 5.59 Å². The second-order valence-electron chi connectivity index (χ2n) is 9.46. The number of benzene rings is 3. The average Bonchev–Trinajstić information content (AvgIpc) is 2.95. The number of fused-ring (bicyclic) bond motifs is 4. The van der Waals surface area contributed by atoms with Crippen LogP contribution in [0.2, 0.25) is 0 Å². The van der Waals surface area contributed by atoms with Gasteiger partial charge in [-0.05, 0) is 97.8 Å². The number of aromatic nitrogens is 2. The minimum Gasteiger partial charge on any atom is -0.398 e. The fourth-order valence-corrected chi connectivity index (χ4v) is 4.30. The lowest BCUT2D eigenvalue weighted by Gasteiger charge is -2.32. The van der Waals surface area contributed by atoms with Crippen molar-refractivity contribution in [2.24, 2.45) is 0 Å². The highest BCUT2D eigenvalue weighted by Gasteiger charge is 2.52. The molecule has 0 spiro atoms. The molecule has 4 nitrogen and oxygen atoms in total. The van der Waals surface area contributed by atoms with Crippen LogP contribution in [0.1, 0.15) is 27.7 Å². The number of nitrogens with zero attached hydrogens (tertiary/aromatic N) is 2. The molecule has 31 heavy (non-hydrogen) atoms. The lowest BCUT2D eigenvalue weighted by molar-refractivity contribution is 0.00578. The van der Waals surface area contributed by atoms with E-state index in [1.807, 2.05) is 18.3 Å². The lowest BCUT2D eigenvalue weighted by atomic mass is 9.84. The summed E-state index contributed by atoms with van der Waals surface area (Å²) in [5.74, 6) is 0. The van der Waals surface area contributed by atoms with Gasteiger partial charge < -0.3 is 9.31 Å². The Morgan fingerprint density at radius 1 is 0.645 bits per heavy atom. The van der Waals surface area contributed by atoms with Crippen LogP contribution in [0.25, 0.3) is 43.4 Å². The molecule has 0 radical (unpaired) electrons. The molecule has 0 bridgehead atoms. The SMILES string of the molecule is CC1(C)OB(c2ccc3cc4cc5cc6ncccc6cc5cc4cc3n2)OC1(C)C. The van der Waals surface area contributed by atoms with E-state index in [1.54, 1.807) is 0 Å². The van der Waals surface area contributed by atoms with E-state index in [2.05, 4.69) is 81.2 Å². The van der Waals surface area contributed by atoms with Crippen LogP contribution in [-0.4, -0.2) is 28.3 Å². The molecule has 5 aromatic rings. The lowest BCUT2D eigenvalue weighted by Crippen LogP contribution is -2.41. The Bertz CT molecular complexity index is 1490. The van der Waals surface area contributed by atoms with Gasteiger partial charge in [0.2, 0.25) is 0 Å². The second kappa shape index (κ2) is 6.25. The van der Waals surface area contributed by atoms with E-state index in [-0.39, 0.29) is 11.2 Å². The van der Waals surface area contributed by atoms with Crippen molar-refractivity contribution in [3.05, 3.63) is 66.9 Å². The molecule has 0 atom stereocenters. The highest BCUT2D eigenvalue weighted by molar-refractivity contribution is 6.61. The third-order valence-electron chi connectivity index (χ3n) is 6.84. The third kappa shape index (κ3) is 2.92. The summed E-state index contributed by atoms with van der Waals surface area (Å²) in [5.41, 5.74) is 2.01. The number of pyridine rings is 2. The Kier molecular flexibility index (Phi) is 3.78. The third-order valence-corrected chi connectivity index (χ3v) is 6.84. The van der Waals surface area contributed by atoms with E-state index in [4.69, 9.17) is 14.3 Å². The van der Waals surface area contributed by atoms with Crippen molar-refractivity contribution in [3.63, 3.8) is 0 Å². The maximum absolute atomic E-state index is 6.19. The maximum atomic E-state index is 6.19. The van der Waals surface area contributed by atoms with Gasteiger partial charge in [0, 0.05) is 17.0 Å². The fraction of sp³-hybridized carbons (Fsp3) is 0.231. The molecule has 0 N–H and O–H groups in total. The molecule has 1 saturated heterocycles. The monoisotopic (exact) mass is 406 g/mol. The summed E-state index contributed by atoms with van der Waals surface area (Å²) in [4.78, 5) is 9.40. The summed E-state index contributed by atoms with van der Waals surface area (Å²) in [5, 5.41) is 7.01. The van der Waals surface area contributed by atoms with Gasteiger partial charge in [0.15, 0.2) is 0 Å². The van der Waals surface area contributed by atoms with Crippen LogP contribution in [0.4, 0.5) is 0 Å². The summed E-state index contributed by atoms with van der Waals surface area (Å²) in [7, 11) is -0.458. The molecule has 2 aromatic heterocycles. The molecule has 0 unspecified atom stereocenters. The Morgan fingerprint density at radius 3 is 1.87 bits per heavy atom. The van der Waals surface area contributed by atoms with E-state index < -0.39 is 7.12 Å². The van der Waals surface area contributed by atoms with Crippen LogP contribution in [0, 0.1) is 0 Å². The van der Waals surface area contributed by atoms with Crippen molar-refractivity contribution in [1.29, 1.82) is 0 Å². The van der Waals surface area contributed by atoms with E-state index in [0.29, 0.717) is 0 Å². The average molecular weight is 406 g/mol. The first kappa shape index (κ1) is 18.7. The van der Waals surface area contributed by atoms with Crippen LogP contribution in [0.5, 0.6) is 0 Å². The van der Waals surface area contributed by atoms with Crippen molar-refractivity contribution < 1.29 is 9.31 Å². The van der Waals surface area contributed by atoms with Crippen LogP contribution in [0.15, 0.2) is 66.9 Å². The number of hydrogen-bond donors (Lipinski definition) is 0. The molecule has 0 saturated carbocycles. The first-order valence-corrected chi connectivity index (χ1v) is 10.7. The normalized spacial score (nSPS) is 17.9. The predicted molar refractivity (Wildman–Crippen MR) is 128 cm³/mol. The molecule has 1 aliphatic rings. The summed E-state index contributed by atoms with van der Waals surface area (Å²) in [6.45, 7) is 8.25. The van der Waals surface area contributed by atoms with E-state index >= 15 is 0 Å². The molecular formula is C26H23BN2O2. The molecule has 3 heterocycles. The Hall–Kier alpha value is -3.02. The molecule has 152 valence electrons. The van der Waals surface area contributed by atoms with Gasteiger partial charge in [-0.3, -0.25) is 9.97 Å². The van der Waals surface area contributed by atoms with E-state index in [0.717, 1.165) is 27.4 Å². The smallest absolute Gasteiger partial charge is 0.398 e. The second-order valence-corrected chi connectivity index (χ2v) is 9.46. The largest absolute Gasteiger partial charge is 0.514 e. The zero-order valence-corrected chi connectivity index (χ0v) is 18.1. The zero-order valence-electron chi connectivity index (χ0n) is 18.1. The quantitative estimate of drug-likeness (QED) is 0.277. The summed E-state index contributed by atoms with van der Waals surface area (Å²) < 4.78 is 12.4. The minimum atomic E-state index is -0.458. The fourth-order valence-electron chi connectivity index (χ4n) is 4.30. The highest BCUT2D eigenvalue weighted by Crippen LogP contribution is 2.36. The van der Waals surface area contributed by atoms with Gasteiger partial charge in [0.25, 0.3) is 0 Å². The van der Waals surface area contributed by atoms with Crippen LogP contribution in [0.3, 0.4) is 0 Å². The van der Waals surface area contributed by atoms with Crippen LogP contribution >= 0.6 is 0 Å². The van der Waals surface area contributed by atoms with Gasteiger partial charge in [-0.1, -0.05) is 12.1 Å². The molecule has 3 aromatic carbocycles. The van der Waals surface area contributed by atoms with Crippen molar-refractivity contribution in [3.8, 4) is 0 Å². The van der Waals surface area contributed by atoms with Gasteiger partial charge in [0.1, 0.15) is 0 Å². The Labute approximate surface area is 181 Å². The van der Waals surface area contributed by atoms with E-state index in [1.165, 1.54) is 21.5 Å². The number of rotatable bonds is 1. The van der Waals surface area contributed by atoms with Gasteiger partial charge in [0.05, 0.1) is 27.8 Å². The number of hydrogen-bond acceptors (Lipinski definition) is 4. The van der Waals surface area contributed by atoms with Crippen molar-refractivity contribution >= 4 is 56.1 Å². The molecule has 0 aliphatic carbocycles. The molecule has 1 aliphatic heterocycles. The Balaban J connectivity index is 1.49. The molecule has 1 fully saturated rings. The highest BCUT2D eigenvalue weighted by atomic mass is 16.7. The van der Waals surface area contributed by atoms with Crippen molar-refractivity contribution in [2.75, 3.05) is 0 Å². The van der Waals surface area contributed by atoms with Crippen molar-refractivity contribution in [1.82, 2.24) is 9.97 Å². The van der Waals surface area contributed by atoms with Gasteiger partial charge >= 0.3 is 7.12 Å². The van der Waals surface area contributed by atoms with E-state index in [9.17, 15) is 0 Å². The van der Waals surface area contributed by atoms with Gasteiger partial charge in [-0.25, -0.2) is 0 Å². The summed E-state index contributed by atoms with van der Waals surface area (Å²) in [6.07, 6.45) is 1.84. The van der Waals surface area contributed by atoms with Crippen molar-refractivity contribution in [2.45, 2.75) is 38.9 Å². The standard InChI is InChI=1S/C26H23BN2O2/c1-25(2)26(3,4)31-27(30-25)24-8-7-17-11-19-12-20-14-22-16(6-5-9-28-22)10-18(20)13-21(19)15-23(17)29-24/h5-15H,1-4H3. The minimum absolute atomic E-state index is 0.381. The topological polar surface area (TPSA) is 44.2 Å². The molecular weight excluding hydrogens is 383 g/mol. The van der Waals surface area contributed by atoms with Gasteiger partial charge in [-0.2, -0.15) is 0 Å². The van der Waals surface area contributed by atoms with Crippen LogP contribution in [-0.2, 0) is 9.31 Å². The first-order chi connectivity index (χ1) is 14.8. The Morgan fingerprint density at radius 2 is 1.19 bits per heavy atom.